The third-order valence-electron chi connectivity index (χ3n) is 5.59. The van der Waals surface area contributed by atoms with Crippen LogP contribution in [0.2, 0.25) is 0 Å². The Bertz CT molecular complexity index is 1000. The van der Waals surface area contributed by atoms with E-state index < -0.39 is 26.7 Å². The van der Waals surface area contributed by atoms with Crippen molar-refractivity contribution in [1.29, 1.82) is 0 Å². The molecule has 1 aliphatic heterocycles. The quantitative estimate of drug-likeness (QED) is 0.717. The first-order valence-corrected chi connectivity index (χ1v) is 11.5. The molecule has 1 saturated heterocycles. The normalized spacial score (nSPS) is 17.3. The van der Waals surface area contributed by atoms with Crippen LogP contribution in [-0.2, 0) is 21.0 Å². The molecule has 1 amide bonds. The lowest BCUT2D eigenvalue weighted by molar-refractivity contribution is -0.139. The van der Waals surface area contributed by atoms with Crippen LogP contribution in [0.5, 0.6) is 0 Å². The van der Waals surface area contributed by atoms with Crippen LogP contribution < -0.4 is 5.32 Å². The fourth-order valence-corrected chi connectivity index (χ4v) is 5.40. The third kappa shape index (κ3) is 5.46. The first kappa shape index (κ1) is 23.3. The lowest BCUT2D eigenvalue weighted by Gasteiger charge is -2.31. The van der Waals surface area contributed by atoms with Gasteiger partial charge in [-0.15, -0.1) is 0 Å². The van der Waals surface area contributed by atoms with Gasteiger partial charge in [0.15, 0.2) is 0 Å². The van der Waals surface area contributed by atoms with Crippen LogP contribution in [-0.4, -0.2) is 38.3 Å². The fourth-order valence-electron chi connectivity index (χ4n) is 3.72. The molecule has 5 nitrogen and oxygen atoms in total. The molecule has 1 heterocycles. The molecule has 1 aliphatic rings. The average molecular weight is 455 g/mol. The summed E-state index contributed by atoms with van der Waals surface area (Å²) < 4.78 is 66.4. The van der Waals surface area contributed by atoms with E-state index in [4.69, 9.17) is 0 Å². The van der Waals surface area contributed by atoms with Crippen molar-refractivity contribution in [3.63, 3.8) is 0 Å². The number of alkyl halides is 3. The van der Waals surface area contributed by atoms with Crippen molar-refractivity contribution in [2.45, 2.75) is 36.8 Å². The average Bonchev–Trinajstić information content (AvgIpc) is 2.77. The second-order valence-corrected chi connectivity index (χ2v) is 9.64. The van der Waals surface area contributed by atoms with Crippen molar-refractivity contribution < 1.29 is 26.4 Å². The summed E-state index contributed by atoms with van der Waals surface area (Å²) >= 11 is 0. The van der Waals surface area contributed by atoms with Gasteiger partial charge in [-0.1, -0.05) is 49.4 Å². The summed E-state index contributed by atoms with van der Waals surface area (Å²) in [7, 11) is -4.31. The van der Waals surface area contributed by atoms with Crippen LogP contribution in [0.15, 0.2) is 59.5 Å². The molecule has 0 bridgehead atoms. The second kappa shape index (κ2) is 9.40. The van der Waals surface area contributed by atoms with Crippen LogP contribution in [0.25, 0.3) is 0 Å². The number of amides is 1. The number of nitrogens with one attached hydrogen (secondary N) is 1. The zero-order valence-corrected chi connectivity index (χ0v) is 17.9. The van der Waals surface area contributed by atoms with Crippen LogP contribution in [0.3, 0.4) is 0 Å². The van der Waals surface area contributed by atoms with Gasteiger partial charge in [0.05, 0.1) is 10.5 Å². The molecule has 9 heteroatoms. The Morgan fingerprint density at radius 1 is 1.06 bits per heavy atom. The van der Waals surface area contributed by atoms with Crippen molar-refractivity contribution >= 4 is 15.9 Å². The Balaban J connectivity index is 1.60. The van der Waals surface area contributed by atoms with E-state index >= 15 is 0 Å². The van der Waals surface area contributed by atoms with Crippen molar-refractivity contribution in [2.24, 2.45) is 5.92 Å². The highest BCUT2D eigenvalue weighted by Gasteiger charge is 2.40. The minimum absolute atomic E-state index is 0.000844. The van der Waals surface area contributed by atoms with E-state index in [0.717, 1.165) is 28.1 Å². The Hall–Kier alpha value is -2.39. The second-order valence-electron chi connectivity index (χ2n) is 7.73. The topological polar surface area (TPSA) is 66.5 Å². The summed E-state index contributed by atoms with van der Waals surface area (Å²) in [4.78, 5) is 11.8. The molecule has 31 heavy (non-hydrogen) atoms. The number of sulfonamides is 1. The highest BCUT2D eigenvalue weighted by atomic mass is 32.2. The van der Waals surface area contributed by atoms with E-state index in [9.17, 15) is 26.4 Å². The molecule has 0 spiro atoms. The number of hydrogen-bond donors (Lipinski definition) is 1. The Labute approximate surface area is 180 Å². The molecule has 2 aromatic rings. The van der Waals surface area contributed by atoms with Crippen LogP contribution >= 0.6 is 0 Å². The Morgan fingerprint density at radius 2 is 1.65 bits per heavy atom. The summed E-state index contributed by atoms with van der Waals surface area (Å²) in [5.41, 5.74) is -0.0724. The first-order valence-electron chi connectivity index (χ1n) is 10.1. The van der Waals surface area contributed by atoms with E-state index in [1.165, 1.54) is 6.07 Å². The zero-order valence-electron chi connectivity index (χ0n) is 17.1. The summed E-state index contributed by atoms with van der Waals surface area (Å²) in [6.45, 7) is 2.46. The summed E-state index contributed by atoms with van der Waals surface area (Å²) in [5, 5.41) is 2.91. The summed E-state index contributed by atoms with van der Waals surface area (Å²) in [6, 6.07) is 13.9. The largest absolute Gasteiger partial charge is 0.417 e. The van der Waals surface area contributed by atoms with Crippen molar-refractivity contribution in [1.82, 2.24) is 9.62 Å². The maximum absolute atomic E-state index is 13.3. The molecular weight excluding hydrogens is 429 g/mol. The minimum Gasteiger partial charge on any atom is -0.355 e. The number of hydrogen-bond acceptors (Lipinski definition) is 3. The Morgan fingerprint density at radius 3 is 2.26 bits per heavy atom. The van der Waals surface area contributed by atoms with Crippen LogP contribution in [0.1, 0.15) is 36.8 Å². The highest BCUT2D eigenvalue weighted by molar-refractivity contribution is 7.89. The lowest BCUT2D eigenvalue weighted by Crippen LogP contribution is -2.43. The smallest absolute Gasteiger partial charge is 0.355 e. The molecule has 1 atom stereocenters. The molecule has 0 saturated carbocycles. The predicted molar refractivity (Wildman–Crippen MR) is 111 cm³/mol. The van der Waals surface area contributed by atoms with Gasteiger partial charge in [-0.3, -0.25) is 4.79 Å². The maximum Gasteiger partial charge on any atom is 0.417 e. The van der Waals surface area contributed by atoms with Crippen LogP contribution in [0.4, 0.5) is 13.2 Å². The van der Waals surface area contributed by atoms with Gasteiger partial charge in [-0.05, 0) is 36.5 Å². The van der Waals surface area contributed by atoms with Crippen molar-refractivity contribution in [3.05, 3.63) is 65.7 Å². The zero-order chi connectivity index (χ0) is 22.6. The van der Waals surface area contributed by atoms with Gasteiger partial charge in [-0.25, -0.2) is 8.42 Å². The fraction of sp³-hybridized carbons (Fsp3) is 0.409. The van der Waals surface area contributed by atoms with E-state index in [2.05, 4.69) is 5.32 Å². The minimum atomic E-state index is -4.77. The highest BCUT2D eigenvalue weighted by Crippen LogP contribution is 2.36. The van der Waals surface area contributed by atoms with Gasteiger partial charge in [0.2, 0.25) is 15.9 Å². The van der Waals surface area contributed by atoms with E-state index in [-0.39, 0.29) is 43.7 Å². The molecule has 2 aromatic carbocycles. The van der Waals surface area contributed by atoms with Gasteiger partial charge in [0, 0.05) is 25.6 Å². The number of carbonyl (C=O) groups excluding carboxylic acids is 1. The summed E-state index contributed by atoms with van der Waals surface area (Å²) in [5.74, 6) is -0.396. The van der Waals surface area contributed by atoms with Gasteiger partial charge >= 0.3 is 6.18 Å². The van der Waals surface area contributed by atoms with Crippen molar-refractivity contribution in [2.75, 3.05) is 19.6 Å². The lowest BCUT2D eigenvalue weighted by atomic mass is 9.96. The monoisotopic (exact) mass is 454 g/mol. The number of benzene rings is 2. The van der Waals surface area contributed by atoms with Gasteiger partial charge < -0.3 is 5.32 Å². The van der Waals surface area contributed by atoms with Gasteiger partial charge in [0.1, 0.15) is 0 Å². The molecule has 1 fully saturated rings. The standard InChI is InChI=1S/C22H25F3N2O3S/c1-16(17-7-3-2-4-8-17)15-26-21(28)18-11-13-27(14-12-18)31(29,30)20-10-6-5-9-19(20)22(23,24)25/h2-10,16,18H,11-15H2,1H3,(H,26,28)/t16-/m0/s1. The number of rotatable bonds is 6. The van der Waals surface area contributed by atoms with E-state index in [1.54, 1.807) is 0 Å². The predicted octanol–water partition coefficient (Wildman–Crippen LogP) is 4.03. The molecule has 3 rings (SSSR count). The molecule has 0 aromatic heterocycles. The maximum atomic E-state index is 13.3. The SMILES string of the molecule is C[C@@H](CNC(=O)C1CCN(S(=O)(=O)c2ccccc2C(F)(F)F)CC1)c1ccccc1. The molecule has 0 unspecified atom stereocenters. The number of halogens is 3. The number of piperidine rings is 1. The van der Waals surface area contributed by atoms with Crippen molar-refractivity contribution in [3.8, 4) is 0 Å². The van der Waals surface area contributed by atoms with Gasteiger partial charge in [-0.2, -0.15) is 17.5 Å². The first-order chi connectivity index (χ1) is 14.6. The van der Waals surface area contributed by atoms with E-state index in [0.29, 0.717) is 6.54 Å². The molecule has 0 radical (unpaired) electrons. The molecular formula is C22H25F3N2O3S. The van der Waals surface area contributed by atoms with Gasteiger partial charge in [0.25, 0.3) is 0 Å². The van der Waals surface area contributed by atoms with Crippen LogP contribution in [0, 0.1) is 5.92 Å². The van der Waals surface area contributed by atoms with E-state index in [1.807, 2.05) is 37.3 Å². The number of carbonyl (C=O) groups is 1. The molecule has 168 valence electrons. The molecule has 1 N–H and O–H groups in total. The Kier molecular flexibility index (Phi) is 7.06. The number of nitrogens with zero attached hydrogens (tertiary/aromatic N) is 1. The third-order valence-corrected chi connectivity index (χ3v) is 7.54. The molecule has 0 aliphatic carbocycles. The summed E-state index contributed by atoms with van der Waals surface area (Å²) in [6.07, 6.45) is -4.24.